The Morgan fingerprint density at radius 3 is 2.67 bits per heavy atom. The summed E-state index contributed by atoms with van der Waals surface area (Å²) in [7, 11) is 0. The van der Waals surface area contributed by atoms with Crippen molar-refractivity contribution in [1.29, 1.82) is 0 Å². The fraction of sp³-hybridized carbons (Fsp3) is 0.350. The lowest BCUT2D eigenvalue weighted by atomic mass is 10.1. The zero-order chi connectivity index (χ0) is 17.4. The molecule has 2 aromatic carbocycles. The highest BCUT2D eigenvalue weighted by molar-refractivity contribution is 7.98. The number of nitrogens with one attached hydrogen (secondary N) is 1. The van der Waals surface area contributed by atoms with Crippen LogP contribution in [0, 0.1) is 13.8 Å². The van der Waals surface area contributed by atoms with Crippen molar-refractivity contribution in [2.75, 3.05) is 12.3 Å². The molecule has 2 aromatic rings. The molecule has 0 aliphatic carbocycles. The minimum absolute atomic E-state index is 0.0729. The van der Waals surface area contributed by atoms with Gasteiger partial charge in [0.1, 0.15) is 5.75 Å². The van der Waals surface area contributed by atoms with Crippen LogP contribution in [0.5, 0.6) is 5.75 Å². The van der Waals surface area contributed by atoms with Crippen LogP contribution in [0.3, 0.4) is 0 Å². The second-order valence-electron chi connectivity index (χ2n) is 5.86. The molecule has 1 amide bonds. The summed E-state index contributed by atoms with van der Waals surface area (Å²) in [5, 5.41) is 2.94. The number of hydrogen-bond acceptors (Lipinski definition) is 3. The van der Waals surface area contributed by atoms with Gasteiger partial charge in [-0.15, -0.1) is 0 Å². The Labute approximate surface area is 148 Å². The van der Waals surface area contributed by atoms with Gasteiger partial charge in [-0.1, -0.05) is 42.5 Å². The van der Waals surface area contributed by atoms with Crippen LogP contribution >= 0.6 is 11.8 Å². The van der Waals surface area contributed by atoms with E-state index >= 15 is 0 Å². The van der Waals surface area contributed by atoms with E-state index < -0.39 is 6.10 Å². The van der Waals surface area contributed by atoms with E-state index in [-0.39, 0.29) is 5.91 Å². The topological polar surface area (TPSA) is 38.3 Å². The van der Waals surface area contributed by atoms with E-state index in [2.05, 4.69) is 17.4 Å². The number of carbonyl (C=O) groups excluding carboxylic acids is 1. The Morgan fingerprint density at radius 2 is 1.92 bits per heavy atom. The molecule has 0 spiro atoms. The third kappa shape index (κ3) is 5.93. The van der Waals surface area contributed by atoms with Crippen molar-refractivity contribution in [3.05, 3.63) is 65.2 Å². The summed E-state index contributed by atoms with van der Waals surface area (Å²) in [5.41, 5.74) is 3.47. The van der Waals surface area contributed by atoms with Crippen molar-refractivity contribution in [1.82, 2.24) is 5.32 Å². The van der Waals surface area contributed by atoms with Crippen LogP contribution in [-0.4, -0.2) is 24.3 Å². The van der Waals surface area contributed by atoms with E-state index in [1.54, 1.807) is 6.92 Å². The van der Waals surface area contributed by atoms with Gasteiger partial charge < -0.3 is 10.1 Å². The maximum absolute atomic E-state index is 12.1. The summed E-state index contributed by atoms with van der Waals surface area (Å²) < 4.78 is 5.80. The number of thioether (sulfide) groups is 1. The van der Waals surface area contributed by atoms with Gasteiger partial charge >= 0.3 is 0 Å². The average Bonchev–Trinajstić information content (AvgIpc) is 2.58. The summed E-state index contributed by atoms with van der Waals surface area (Å²) in [6, 6.07) is 16.4. The molecule has 0 radical (unpaired) electrons. The summed E-state index contributed by atoms with van der Waals surface area (Å²) >= 11 is 1.81. The highest BCUT2D eigenvalue weighted by Crippen LogP contribution is 2.20. The molecule has 0 saturated carbocycles. The molecule has 0 aliphatic rings. The largest absolute Gasteiger partial charge is 0.481 e. The minimum Gasteiger partial charge on any atom is -0.481 e. The smallest absolute Gasteiger partial charge is 0.260 e. The normalized spacial score (nSPS) is 11.8. The van der Waals surface area contributed by atoms with Gasteiger partial charge in [0.05, 0.1) is 0 Å². The summed E-state index contributed by atoms with van der Waals surface area (Å²) in [6.07, 6.45) is -0.496. The second-order valence-corrected chi connectivity index (χ2v) is 6.96. The summed E-state index contributed by atoms with van der Waals surface area (Å²) in [4.78, 5) is 12.1. The van der Waals surface area contributed by atoms with Gasteiger partial charge in [0.15, 0.2) is 6.10 Å². The molecule has 24 heavy (non-hydrogen) atoms. The predicted molar refractivity (Wildman–Crippen MR) is 102 cm³/mol. The first-order valence-electron chi connectivity index (χ1n) is 8.19. The predicted octanol–water partition coefficient (Wildman–Crippen LogP) is 4.12. The van der Waals surface area contributed by atoms with E-state index in [9.17, 15) is 4.79 Å². The molecule has 4 heteroatoms. The molecule has 1 N–H and O–H groups in total. The van der Waals surface area contributed by atoms with Crippen LogP contribution in [0.4, 0.5) is 0 Å². The highest BCUT2D eigenvalue weighted by Gasteiger charge is 2.15. The van der Waals surface area contributed by atoms with E-state index in [1.165, 1.54) is 5.56 Å². The number of hydrogen-bond donors (Lipinski definition) is 1. The monoisotopic (exact) mass is 343 g/mol. The van der Waals surface area contributed by atoms with Crippen molar-refractivity contribution in [3.8, 4) is 5.75 Å². The minimum atomic E-state index is -0.496. The molecule has 128 valence electrons. The molecule has 3 nitrogen and oxygen atoms in total. The summed E-state index contributed by atoms with van der Waals surface area (Å²) in [6.45, 7) is 6.44. The van der Waals surface area contributed by atoms with E-state index in [4.69, 9.17) is 4.74 Å². The molecule has 0 fully saturated rings. The number of aryl methyl sites for hydroxylation is 2. The Hall–Kier alpha value is -1.94. The average molecular weight is 343 g/mol. The molecule has 2 rings (SSSR count). The molecule has 0 aliphatic heterocycles. The van der Waals surface area contributed by atoms with Gasteiger partial charge in [0.2, 0.25) is 0 Å². The van der Waals surface area contributed by atoms with Crippen molar-refractivity contribution < 1.29 is 9.53 Å². The van der Waals surface area contributed by atoms with Gasteiger partial charge in [-0.3, -0.25) is 4.79 Å². The standard InChI is InChI=1S/C20H25NO2S/c1-15-9-10-16(2)19(13-15)23-17(3)20(22)21-11-12-24-14-18-7-5-4-6-8-18/h4-10,13,17H,11-12,14H2,1-3H3,(H,21,22)/t17-/m0/s1. The third-order valence-electron chi connectivity index (χ3n) is 3.67. The zero-order valence-electron chi connectivity index (χ0n) is 14.5. The molecular weight excluding hydrogens is 318 g/mol. The van der Waals surface area contributed by atoms with E-state index in [1.807, 2.05) is 62.0 Å². The molecule has 0 unspecified atom stereocenters. The van der Waals surface area contributed by atoms with Crippen molar-refractivity contribution in [2.24, 2.45) is 0 Å². The number of carbonyl (C=O) groups is 1. The molecule has 0 heterocycles. The number of rotatable bonds is 8. The van der Waals surface area contributed by atoms with Crippen LogP contribution < -0.4 is 10.1 Å². The van der Waals surface area contributed by atoms with Crippen LogP contribution in [-0.2, 0) is 10.5 Å². The zero-order valence-corrected chi connectivity index (χ0v) is 15.4. The fourth-order valence-electron chi connectivity index (χ4n) is 2.23. The number of ether oxygens (including phenoxy) is 1. The number of benzene rings is 2. The lowest BCUT2D eigenvalue weighted by Gasteiger charge is -2.16. The quantitative estimate of drug-likeness (QED) is 0.733. The molecular formula is C20H25NO2S. The third-order valence-corrected chi connectivity index (χ3v) is 4.70. The summed E-state index contributed by atoms with van der Waals surface area (Å²) in [5.74, 6) is 2.55. The SMILES string of the molecule is Cc1ccc(C)c(O[C@@H](C)C(=O)NCCSCc2ccccc2)c1. The molecule has 0 saturated heterocycles. The van der Waals surface area contributed by atoms with Gasteiger partial charge in [0.25, 0.3) is 5.91 Å². The van der Waals surface area contributed by atoms with Gasteiger partial charge in [-0.25, -0.2) is 0 Å². The Balaban J connectivity index is 1.69. The van der Waals surface area contributed by atoms with Crippen LogP contribution in [0.25, 0.3) is 0 Å². The van der Waals surface area contributed by atoms with Crippen molar-refractivity contribution in [3.63, 3.8) is 0 Å². The van der Waals surface area contributed by atoms with Gasteiger partial charge in [0, 0.05) is 18.1 Å². The fourth-order valence-corrected chi connectivity index (χ4v) is 3.05. The maximum Gasteiger partial charge on any atom is 0.260 e. The lowest BCUT2D eigenvalue weighted by Crippen LogP contribution is -2.37. The Bertz CT molecular complexity index is 658. The molecule has 1 atom stereocenters. The van der Waals surface area contributed by atoms with Crippen LogP contribution in [0.2, 0.25) is 0 Å². The van der Waals surface area contributed by atoms with Gasteiger partial charge in [-0.05, 0) is 43.5 Å². The first kappa shape index (κ1) is 18.4. The Morgan fingerprint density at radius 1 is 1.17 bits per heavy atom. The first-order chi connectivity index (χ1) is 11.6. The Kier molecular flexibility index (Phi) is 7.19. The highest BCUT2D eigenvalue weighted by atomic mass is 32.2. The van der Waals surface area contributed by atoms with Crippen LogP contribution in [0.1, 0.15) is 23.6 Å². The van der Waals surface area contributed by atoms with Gasteiger partial charge in [-0.2, -0.15) is 11.8 Å². The molecule has 0 bridgehead atoms. The maximum atomic E-state index is 12.1. The number of amides is 1. The van der Waals surface area contributed by atoms with Crippen molar-refractivity contribution in [2.45, 2.75) is 32.6 Å². The van der Waals surface area contributed by atoms with E-state index in [0.717, 1.165) is 28.4 Å². The molecule has 0 aromatic heterocycles. The van der Waals surface area contributed by atoms with Crippen molar-refractivity contribution >= 4 is 17.7 Å². The lowest BCUT2D eigenvalue weighted by molar-refractivity contribution is -0.127. The second kappa shape index (κ2) is 9.38. The van der Waals surface area contributed by atoms with E-state index in [0.29, 0.717) is 6.54 Å². The van der Waals surface area contributed by atoms with Crippen LogP contribution in [0.15, 0.2) is 48.5 Å². The first-order valence-corrected chi connectivity index (χ1v) is 9.35.